The van der Waals surface area contributed by atoms with Crippen LogP contribution >= 0.6 is 22.7 Å². The van der Waals surface area contributed by atoms with E-state index >= 15 is 0 Å². The number of hydrogen-bond donors (Lipinski definition) is 0. The van der Waals surface area contributed by atoms with Crippen LogP contribution in [0, 0.1) is 6.92 Å². The Hall–Kier alpha value is -2.44. The first-order valence-electron chi connectivity index (χ1n) is 10.8. The highest BCUT2D eigenvalue weighted by atomic mass is 32.1. The topological polar surface area (TPSA) is 40.6 Å². The van der Waals surface area contributed by atoms with Crippen LogP contribution < -0.4 is 0 Å². The second-order valence-electron chi connectivity index (χ2n) is 7.95. The zero-order valence-electron chi connectivity index (χ0n) is 18.0. The van der Waals surface area contributed by atoms with E-state index in [9.17, 15) is 9.59 Å². The number of unbranched alkanes of at least 4 members (excludes halogenated alkanes) is 1. The number of fused-ring (bicyclic) bond motifs is 1. The van der Waals surface area contributed by atoms with Crippen LogP contribution in [0.1, 0.15) is 57.0 Å². The van der Waals surface area contributed by atoms with Crippen LogP contribution in [0.5, 0.6) is 0 Å². The molecule has 1 aliphatic heterocycles. The van der Waals surface area contributed by atoms with Crippen LogP contribution in [0.2, 0.25) is 0 Å². The minimum absolute atomic E-state index is 0.0195. The molecular weight excluding hydrogens is 424 g/mol. The van der Waals surface area contributed by atoms with Crippen molar-refractivity contribution in [2.75, 3.05) is 19.6 Å². The highest BCUT2D eigenvalue weighted by molar-refractivity contribution is 7.12. The molecule has 1 atom stereocenters. The number of carbonyl (C=O) groups is 2. The molecule has 2 aromatic heterocycles. The number of benzene rings is 1. The van der Waals surface area contributed by atoms with Gasteiger partial charge in [-0.05, 0) is 59.3 Å². The van der Waals surface area contributed by atoms with Gasteiger partial charge < -0.3 is 9.80 Å². The molecule has 4 rings (SSSR count). The van der Waals surface area contributed by atoms with E-state index in [4.69, 9.17) is 0 Å². The Morgan fingerprint density at radius 3 is 2.65 bits per heavy atom. The maximum absolute atomic E-state index is 13.6. The fraction of sp³-hybridized carbons (Fsp3) is 0.360. The number of rotatable bonds is 7. The van der Waals surface area contributed by atoms with Gasteiger partial charge in [-0.1, -0.05) is 43.7 Å². The Morgan fingerprint density at radius 1 is 1.06 bits per heavy atom. The van der Waals surface area contributed by atoms with Crippen LogP contribution in [0.15, 0.2) is 53.2 Å². The third-order valence-electron chi connectivity index (χ3n) is 5.90. The summed E-state index contributed by atoms with van der Waals surface area (Å²) >= 11 is 3.20. The highest BCUT2D eigenvalue weighted by Gasteiger charge is 2.34. The fourth-order valence-corrected chi connectivity index (χ4v) is 5.82. The Morgan fingerprint density at radius 2 is 1.90 bits per heavy atom. The fourth-order valence-electron chi connectivity index (χ4n) is 4.23. The van der Waals surface area contributed by atoms with E-state index in [0.717, 1.165) is 19.3 Å². The van der Waals surface area contributed by atoms with Gasteiger partial charge in [-0.15, -0.1) is 22.7 Å². The van der Waals surface area contributed by atoms with Gasteiger partial charge in [0.1, 0.15) is 6.54 Å². The van der Waals surface area contributed by atoms with E-state index in [1.165, 1.54) is 32.9 Å². The van der Waals surface area contributed by atoms with Gasteiger partial charge in [-0.3, -0.25) is 9.59 Å². The summed E-state index contributed by atoms with van der Waals surface area (Å²) in [4.78, 5) is 32.4. The molecule has 0 aliphatic carbocycles. The van der Waals surface area contributed by atoms with Crippen molar-refractivity contribution in [3.8, 4) is 0 Å². The highest BCUT2D eigenvalue weighted by Crippen LogP contribution is 2.39. The first-order chi connectivity index (χ1) is 15.1. The van der Waals surface area contributed by atoms with Crippen molar-refractivity contribution in [1.82, 2.24) is 9.80 Å². The van der Waals surface area contributed by atoms with Gasteiger partial charge in [-0.2, -0.15) is 0 Å². The molecule has 0 fully saturated rings. The van der Waals surface area contributed by atoms with Gasteiger partial charge in [0.15, 0.2) is 0 Å². The van der Waals surface area contributed by atoms with Gasteiger partial charge in [0.25, 0.3) is 5.91 Å². The lowest BCUT2D eigenvalue weighted by Gasteiger charge is -2.38. The molecule has 0 spiro atoms. The zero-order valence-corrected chi connectivity index (χ0v) is 19.7. The molecule has 0 radical (unpaired) electrons. The summed E-state index contributed by atoms with van der Waals surface area (Å²) in [5.41, 5.74) is 3.57. The summed E-state index contributed by atoms with van der Waals surface area (Å²) < 4.78 is 0. The summed E-state index contributed by atoms with van der Waals surface area (Å²) in [6.45, 7) is 5.61. The van der Waals surface area contributed by atoms with Crippen LogP contribution in [0.25, 0.3) is 0 Å². The number of thiophene rings is 2. The lowest BCUT2D eigenvalue weighted by molar-refractivity contribution is -0.134. The summed E-state index contributed by atoms with van der Waals surface area (Å²) in [5.74, 6) is -0.0245. The second kappa shape index (κ2) is 9.79. The van der Waals surface area contributed by atoms with E-state index in [2.05, 4.69) is 37.4 Å². The van der Waals surface area contributed by atoms with Crippen LogP contribution in [0.4, 0.5) is 0 Å². The Bertz CT molecular complexity index is 1040. The maximum atomic E-state index is 13.6. The molecule has 162 valence electrons. The lowest BCUT2D eigenvalue weighted by Crippen LogP contribution is -2.47. The average Bonchev–Trinajstić information content (AvgIpc) is 3.48. The Kier molecular flexibility index (Phi) is 6.88. The van der Waals surface area contributed by atoms with Crippen molar-refractivity contribution in [2.45, 2.75) is 39.2 Å². The quantitative estimate of drug-likeness (QED) is 0.473. The monoisotopic (exact) mass is 452 g/mol. The summed E-state index contributed by atoms with van der Waals surface area (Å²) in [6.07, 6.45) is 2.74. The molecule has 2 amide bonds. The smallest absolute Gasteiger partial charge is 0.264 e. The van der Waals surface area contributed by atoms with Crippen molar-refractivity contribution in [2.24, 2.45) is 0 Å². The van der Waals surface area contributed by atoms with Crippen molar-refractivity contribution in [3.63, 3.8) is 0 Å². The first-order valence-corrected chi connectivity index (χ1v) is 12.6. The number of nitrogens with zero attached hydrogens (tertiary/aromatic N) is 2. The molecule has 1 aromatic carbocycles. The summed E-state index contributed by atoms with van der Waals surface area (Å²) in [5, 5.41) is 4.03. The second-order valence-corrected chi connectivity index (χ2v) is 9.90. The van der Waals surface area contributed by atoms with E-state index in [1.807, 2.05) is 34.5 Å². The van der Waals surface area contributed by atoms with E-state index in [0.29, 0.717) is 18.0 Å². The first kappa shape index (κ1) is 21.8. The number of hydrogen-bond acceptors (Lipinski definition) is 4. The number of carbonyl (C=O) groups excluding carboxylic acids is 2. The van der Waals surface area contributed by atoms with Crippen molar-refractivity contribution in [3.05, 3.63) is 79.7 Å². The van der Waals surface area contributed by atoms with Gasteiger partial charge in [0, 0.05) is 18.0 Å². The van der Waals surface area contributed by atoms with Gasteiger partial charge in [-0.25, -0.2) is 0 Å². The maximum Gasteiger partial charge on any atom is 0.264 e. The van der Waals surface area contributed by atoms with Gasteiger partial charge >= 0.3 is 0 Å². The molecule has 0 N–H and O–H groups in total. The summed E-state index contributed by atoms with van der Waals surface area (Å²) in [6, 6.07) is 14.1. The minimum atomic E-state index is -0.0893. The van der Waals surface area contributed by atoms with Crippen LogP contribution in [-0.4, -0.2) is 41.2 Å². The summed E-state index contributed by atoms with van der Waals surface area (Å²) in [7, 11) is 0. The third kappa shape index (κ3) is 4.60. The molecule has 0 saturated heterocycles. The molecule has 0 bridgehead atoms. The van der Waals surface area contributed by atoms with Gasteiger partial charge in [0.2, 0.25) is 5.91 Å². The zero-order chi connectivity index (χ0) is 21.8. The molecule has 3 heterocycles. The SMILES string of the molecule is CCCCN(CC(=O)N1CCc2sccc2C1c1ccccc1C)C(=O)c1cccs1. The molecular formula is C25H28N2O2S2. The largest absolute Gasteiger partial charge is 0.330 e. The Balaban J connectivity index is 1.62. The molecule has 3 aromatic rings. The predicted octanol–water partition coefficient (Wildman–Crippen LogP) is 5.53. The van der Waals surface area contributed by atoms with Crippen molar-refractivity contribution < 1.29 is 9.59 Å². The minimum Gasteiger partial charge on any atom is -0.330 e. The molecule has 1 aliphatic rings. The normalized spacial score (nSPS) is 15.5. The van der Waals surface area contributed by atoms with Crippen LogP contribution in [0.3, 0.4) is 0 Å². The molecule has 31 heavy (non-hydrogen) atoms. The third-order valence-corrected chi connectivity index (χ3v) is 7.75. The number of aryl methyl sites for hydroxylation is 1. The molecule has 6 heteroatoms. The lowest BCUT2D eigenvalue weighted by atomic mass is 9.90. The Labute approximate surface area is 192 Å². The van der Waals surface area contributed by atoms with Gasteiger partial charge in [0.05, 0.1) is 10.9 Å². The predicted molar refractivity (Wildman–Crippen MR) is 128 cm³/mol. The molecule has 4 nitrogen and oxygen atoms in total. The van der Waals surface area contributed by atoms with Crippen molar-refractivity contribution >= 4 is 34.5 Å². The van der Waals surface area contributed by atoms with E-state index < -0.39 is 0 Å². The van der Waals surface area contributed by atoms with E-state index in [-0.39, 0.29) is 24.4 Å². The average molecular weight is 453 g/mol. The van der Waals surface area contributed by atoms with Crippen molar-refractivity contribution in [1.29, 1.82) is 0 Å². The standard InChI is InChI=1S/C25H28N2O2S2/c1-3-4-13-26(25(29)22-10-7-15-30-22)17-23(28)27-14-11-21-20(12-16-31-21)24(27)19-9-6-5-8-18(19)2/h5-10,12,15-16,24H,3-4,11,13-14,17H2,1-2H3. The number of amides is 2. The molecule has 1 unspecified atom stereocenters. The van der Waals surface area contributed by atoms with Crippen LogP contribution in [-0.2, 0) is 11.2 Å². The molecule has 0 saturated carbocycles. The van der Waals surface area contributed by atoms with E-state index in [1.54, 1.807) is 16.2 Å².